The van der Waals surface area contributed by atoms with Crippen LogP contribution in [0.15, 0.2) is 59.5 Å². The number of hydrogen-bond donors (Lipinski definition) is 1. The summed E-state index contributed by atoms with van der Waals surface area (Å²) in [5, 5.41) is 3.04. The standard InChI is InChI=1S/C23H31N3O3S/c1-3-25(22-12-8-7-9-19(22)2)18-15-24-23(27)20-13-16-26(17-14-20)30(28,29)21-10-5-4-6-11-21/h4-12,20H,3,13-18H2,1-2H3,(H,24,27). The molecule has 0 saturated carbocycles. The van der Waals surface area contributed by atoms with Crippen molar-refractivity contribution in [2.45, 2.75) is 31.6 Å². The molecule has 1 heterocycles. The molecule has 3 rings (SSSR count). The summed E-state index contributed by atoms with van der Waals surface area (Å²) in [6.45, 7) is 7.14. The second kappa shape index (κ2) is 10.1. The predicted octanol–water partition coefficient (Wildman–Crippen LogP) is 3.04. The third-order valence-electron chi connectivity index (χ3n) is 5.72. The Kier molecular flexibility index (Phi) is 7.50. The third-order valence-corrected chi connectivity index (χ3v) is 7.64. The van der Waals surface area contributed by atoms with E-state index in [1.807, 2.05) is 12.1 Å². The Labute approximate surface area is 179 Å². The minimum atomic E-state index is -3.48. The van der Waals surface area contributed by atoms with Crippen molar-refractivity contribution in [3.8, 4) is 0 Å². The summed E-state index contributed by atoms with van der Waals surface area (Å²) in [7, 11) is -3.48. The number of carbonyl (C=O) groups excluding carboxylic acids is 1. The molecule has 1 amide bonds. The fourth-order valence-corrected chi connectivity index (χ4v) is 5.42. The van der Waals surface area contributed by atoms with E-state index in [0.717, 1.165) is 13.1 Å². The first kappa shape index (κ1) is 22.3. The van der Waals surface area contributed by atoms with E-state index >= 15 is 0 Å². The highest BCUT2D eigenvalue weighted by molar-refractivity contribution is 7.89. The van der Waals surface area contributed by atoms with Crippen molar-refractivity contribution in [3.63, 3.8) is 0 Å². The van der Waals surface area contributed by atoms with Gasteiger partial charge in [0.2, 0.25) is 15.9 Å². The van der Waals surface area contributed by atoms with Crippen LogP contribution >= 0.6 is 0 Å². The molecule has 162 valence electrons. The highest BCUT2D eigenvalue weighted by atomic mass is 32.2. The molecule has 1 N–H and O–H groups in total. The molecule has 0 bridgehead atoms. The highest BCUT2D eigenvalue weighted by Gasteiger charge is 2.31. The molecule has 30 heavy (non-hydrogen) atoms. The van der Waals surface area contributed by atoms with Crippen molar-refractivity contribution in [2.75, 3.05) is 37.6 Å². The summed E-state index contributed by atoms with van der Waals surface area (Å²) < 4.78 is 26.9. The monoisotopic (exact) mass is 429 g/mol. The zero-order valence-electron chi connectivity index (χ0n) is 17.8. The maximum Gasteiger partial charge on any atom is 0.243 e. The lowest BCUT2D eigenvalue weighted by Gasteiger charge is -2.31. The number of anilines is 1. The highest BCUT2D eigenvalue weighted by Crippen LogP contribution is 2.24. The van der Waals surface area contributed by atoms with Crippen molar-refractivity contribution in [2.24, 2.45) is 5.92 Å². The van der Waals surface area contributed by atoms with E-state index in [1.165, 1.54) is 15.6 Å². The minimum Gasteiger partial charge on any atom is -0.370 e. The van der Waals surface area contributed by atoms with Gasteiger partial charge in [-0.3, -0.25) is 4.79 Å². The number of likely N-dealkylation sites (N-methyl/N-ethyl adjacent to an activating group) is 1. The number of piperidine rings is 1. The quantitative estimate of drug-likeness (QED) is 0.700. The van der Waals surface area contributed by atoms with Crippen molar-refractivity contribution >= 4 is 21.6 Å². The first-order valence-corrected chi connectivity index (χ1v) is 12.0. The van der Waals surface area contributed by atoms with Gasteiger partial charge in [0, 0.05) is 44.3 Å². The Bertz CT molecular complexity index is 939. The number of amides is 1. The zero-order valence-corrected chi connectivity index (χ0v) is 18.6. The SMILES string of the molecule is CCN(CCNC(=O)C1CCN(S(=O)(=O)c2ccccc2)CC1)c1ccccc1C. The Morgan fingerprint density at radius 3 is 2.33 bits per heavy atom. The third kappa shape index (κ3) is 5.21. The number of para-hydroxylation sites is 1. The average Bonchev–Trinajstić information content (AvgIpc) is 2.78. The van der Waals surface area contributed by atoms with Gasteiger partial charge in [-0.2, -0.15) is 4.31 Å². The van der Waals surface area contributed by atoms with Gasteiger partial charge in [0.25, 0.3) is 0 Å². The molecule has 0 spiro atoms. The molecule has 1 aliphatic heterocycles. The van der Waals surface area contributed by atoms with Crippen LogP contribution in [0.1, 0.15) is 25.3 Å². The largest absolute Gasteiger partial charge is 0.370 e. The summed E-state index contributed by atoms with van der Waals surface area (Å²) in [5.74, 6) is -0.117. The van der Waals surface area contributed by atoms with Crippen molar-refractivity contribution in [3.05, 3.63) is 60.2 Å². The lowest BCUT2D eigenvalue weighted by molar-refractivity contribution is -0.126. The Morgan fingerprint density at radius 1 is 1.07 bits per heavy atom. The number of benzene rings is 2. The molecule has 1 aliphatic rings. The van der Waals surface area contributed by atoms with E-state index in [4.69, 9.17) is 0 Å². The van der Waals surface area contributed by atoms with E-state index in [2.05, 4.69) is 36.2 Å². The van der Waals surface area contributed by atoms with E-state index < -0.39 is 10.0 Å². The lowest BCUT2D eigenvalue weighted by Crippen LogP contribution is -2.44. The van der Waals surface area contributed by atoms with Crippen LogP contribution < -0.4 is 10.2 Å². The van der Waals surface area contributed by atoms with E-state index in [9.17, 15) is 13.2 Å². The van der Waals surface area contributed by atoms with Gasteiger partial charge >= 0.3 is 0 Å². The number of carbonyl (C=O) groups is 1. The van der Waals surface area contributed by atoms with Crippen LogP contribution in [-0.2, 0) is 14.8 Å². The second-order valence-electron chi connectivity index (χ2n) is 7.65. The summed E-state index contributed by atoms with van der Waals surface area (Å²) >= 11 is 0. The fraction of sp³-hybridized carbons (Fsp3) is 0.435. The molecule has 0 unspecified atom stereocenters. The Morgan fingerprint density at radius 2 is 1.70 bits per heavy atom. The van der Waals surface area contributed by atoms with Gasteiger partial charge in [0.05, 0.1) is 4.90 Å². The van der Waals surface area contributed by atoms with Gasteiger partial charge in [-0.1, -0.05) is 36.4 Å². The summed E-state index contributed by atoms with van der Waals surface area (Å²) in [5.41, 5.74) is 2.41. The molecule has 0 radical (unpaired) electrons. The summed E-state index contributed by atoms with van der Waals surface area (Å²) in [6, 6.07) is 16.7. The van der Waals surface area contributed by atoms with Gasteiger partial charge in [0.15, 0.2) is 0 Å². The fourth-order valence-electron chi connectivity index (χ4n) is 3.93. The number of hydrogen-bond acceptors (Lipinski definition) is 4. The first-order chi connectivity index (χ1) is 14.4. The van der Waals surface area contributed by atoms with E-state index in [-0.39, 0.29) is 11.8 Å². The molecule has 2 aromatic rings. The van der Waals surface area contributed by atoms with Crippen LogP contribution in [0.2, 0.25) is 0 Å². The van der Waals surface area contributed by atoms with Gasteiger partial charge in [-0.15, -0.1) is 0 Å². The smallest absolute Gasteiger partial charge is 0.243 e. The van der Waals surface area contributed by atoms with Crippen molar-refractivity contribution in [1.82, 2.24) is 9.62 Å². The molecule has 2 aromatic carbocycles. The normalized spacial score (nSPS) is 15.7. The molecule has 1 fully saturated rings. The van der Waals surface area contributed by atoms with Crippen LogP contribution in [0.4, 0.5) is 5.69 Å². The maximum absolute atomic E-state index is 12.7. The number of aryl methyl sites for hydroxylation is 1. The number of nitrogens with zero attached hydrogens (tertiary/aromatic N) is 2. The van der Waals surface area contributed by atoms with Crippen LogP contribution in [0, 0.1) is 12.8 Å². The molecule has 7 heteroatoms. The molecule has 1 saturated heterocycles. The van der Waals surface area contributed by atoms with Gasteiger partial charge < -0.3 is 10.2 Å². The van der Waals surface area contributed by atoms with Gasteiger partial charge in [-0.05, 0) is 50.5 Å². The maximum atomic E-state index is 12.7. The topological polar surface area (TPSA) is 69.7 Å². The van der Waals surface area contributed by atoms with Gasteiger partial charge in [0.1, 0.15) is 0 Å². The number of nitrogens with one attached hydrogen (secondary N) is 1. The second-order valence-corrected chi connectivity index (χ2v) is 9.59. The van der Waals surface area contributed by atoms with E-state index in [1.54, 1.807) is 30.3 Å². The van der Waals surface area contributed by atoms with Crippen LogP contribution in [0.25, 0.3) is 0 Å². The Balaban J connectivity index is 1.48. The van der Waals surface area contributed by atoms with Crippen LogP contribution in [0.5, 0.6) is 0 Å². The zero-order chi connectivity index (χ0) is 21.6. The minimum absolute atomic E-state index is 0.0209. The molecular formula is C23H31N3O3S. The predicted molar refractivity (Wildman–Crippen MR) is 120 cm³/mol. The molecule has 0 atom stereocenters. The van der Waals surface area contributed by atoms with Crippen LogP contribution in [0.3, 0.4) is 0 Å². The van der Waals surface area contributed by atoms with Crippen molar-refractivity contribution in [1.29, 1.82) is 0 Å². The Hall–Kier alpha value is -2.38. The molecule has 6 nitrogen and oxygen atoms in total. The first-order valence-electron chi connectivity index (χ1n) is 10.6. The molecular weight excluding hydrogens is 398 g/mol. The summed E-state index contributed by atoms with van der Waals surface area (Å²) in [4.78, 5) is 15.2. The molecule has 0 aromatic heterocycles. The summed E-state index contributed by atoms with van der Waals surface area (Å²) in [6.07, 6.45) is 1.10. The average molecular weight is 430 g/mol. The van der Waals surface area contributed by atoms with Crippen LogP contribution in [-0.4, -0.2) is 51.4 Å². The van der Waals surface area contributed by atoms with Gasteiger partial charge in [-0.25, -0.2) is 8.42 Å². The number of sulfonamides is 1. The number of rotatable bonds is 8. The van der Waals surface area contributed by atoms with E-state index in [0.29, 0.717) is 37.4 Å². The lowest BCUT2D eigenvalue weighted by atomic mass is 9.97. The molecule has 0 aliphatic carbocycles. The van der Waals surface area contributed by atoms with Crippen molar-refractivity contribution < 1.29 is 13.2 Å².